The molecule has 1 aliphatic rings. The molecule has 0 aromatic heterocycles. The number of rotatable bonds is 3. The van der Waals surface area contributed by atoms with Crippen molar-refractivity contribution in [2.75, 3.05) is 0 Å². The van der Waals surface area contributed by atoms with Gasteiger partial charge in [0.25, 0.3) is 0 Å². The maximum absolute atomic E-state index is 11.1. The Hall–Kier alpha value is -1.31. The molecule has 0 saturated carbocycles. The Morgan fingerprint density at radius 2 is 2.11 bits per heavy atom. The Balaban J connectivity index is 2.47. The second kappa shape index (κ2) is 4.99. The van der Waals surface area contributed by atoms with Crippen molar-refractivity contribution in [3.8, 4) is 0 Å². The zero-order valence-electron chi connectivity index (χ0n) is 12.4. The van der Waals surface area contributed by atoms with Gasteiger partial charge in [-0.2, -0.15) is 0 Å². The molecule has 1 N–H and O–H groups in total. The number of hydrogen-bond acceptors (Lipinski definition) is 1. The Labute approximate surface area is 115 Å². The molecule has 1 aliphatic carbocycles. The molecule has 2 nitrogen and oxygen atoms in total. The molecule has 0 aliphatic heterocycles. The largest absolute Gasteiger partial charge is 0.481 e. The van der Waals surface area contributed by atoms with E-state index in [1.807, 2.05) is 0 Å². The minimum absolute atomic E-state index is 0.167. The number of carboxylic acids is 1. The lowest BCUT2D eigenvalue weighted by Gasteiger charge is -2.37. The lowest BCUT2D eigenvalue weighted by molar-refractivity contribution is -0.137. The van der Waals surface area contributed by atoms with Gasteiger partial charge in [-0.15, -0.1) is 0 Å². The van der Waals surface area contributed by atoms with Gasteiger partial charge in [0, 0.05) is 0 Å². The molecule has 0 bridgehead atoms. The third-order valence-electron chi connectivity index (χ3n) is 4.45. The third-order valence-corrected chi connectivity index (χ3v) is 4.45. The van der Waals surface area contributed by atoms with Crippen LogP contribution in [0.25, 0.3) is 0 Å². The van der Waals surface area contributed by atoms with Crippen LogP contribution >= 0.6 is 0 Å². The molecule has 1 aromatic carbocycles. The lowest BCUT2D eigenvalue weighted by atomic mass is 9.67. The summed E-state index contributed by atoms with van der Waals surface area (Å²) in [5.74, 6) is -0.0225. The minimum Gasteiger partial charge on any atom is -0.481 e. The Bertz CT molecular complexity index is 486. The van der Waals surface area contributed by atoms with Crippen LogP contribution in [0.1, 0.15) is 75.5 Å². The van der Waals surface area contributed by atoms with E-state index >= 15 is 0 Å². The highest BCUT2D eigenvalue weighted by Gasteiger charge is 2.33. The van der Waals surface area contributed by atoms with Crippen molar-refractivity contribution >= 4 is 5.97 Å². The molecule has 2 rings (SSSR count). The molecular weight excluding hydrogens is 236 g/mol. The predicted octanol–water partition coefficient (Wildman–Crippen LogP) is 4.44. The average Bonchev–Trinajstić information content (AvgIpc) is 2.32. The number of benzene rings is 1. The van der Waals surface area contributed by atoms with E-state index < -0.39 is 5.97 Å². The van der Waals surface area contributed by atoms with Crippen molar-refractivity contribution in [1.82, 2.24) is 0 Å². The second-order valence-corrected chi connectivity index (χ2v) is 6.72. The van der Waals surface area contributed by atoms with Crippen molar-refractivity contribution in [2.24, 2.45) is 0 Å². The van der Waals surface area contributed by atoms with Gasteiger partial charge < -0.3 is 5.11 Å². The van der Waals surface area contributed by atoms with Gasteiger partial charge in [0.15, 0.2) is 0 Å². The van der Waals surface area contributed by atoms with Crippen LogP contribution in [0.15, 0.2) is 18.2 Å². The molecule has 1 unspecified atom stereocenters. The van der Waals surface area contributed by atoms with Crippen LogP contribution in [0.2, 0.25) is 0 Å². The maximum Gasteiger partial charge on any atom is 0.303 e. The highest BCUT2D eigenvalue weighted by Crippen LogP contribution is 2.44. The van der Waals surface area contributed by atoms with Gasteiger partial charge in [-0.1, -0.05) is 45.9 Å². The van der Waals surface area contributed by atoms with E-state index in [0.29, 0.717) is 5.92 Å². The first-order valence-electron chi connectivity index (χ1n) is 7.17. The van der Waals surface area contributed by atoms with Crippen LogP contribution < -0.4 is 0 Å². The average molecular weight is 260 g/mol. The first-order chi connectivity index (χ1) is 8.81. The molecular formula is C17H24O2. The van der Waals surface area contributed by atoms with Gasteiger partial charge >= 0.3 is 5.97 Å². The van der Waals surface area contributed by atoms with Crippen molar-refractivity contribution < 1.29 is 9.90 Å². The Morgan fingerprint density at radius 1 is 1.42 bits per heavy atom. The first-order valence-corrected chi connectivity index (χ1v) is 7.17. The fourth-order valence-corrected chi connectivity index (χ4v) is 3.14. The van der Waals surface area contributed by atoms with Crippen LogP contribution in [0.4, 0.5) is 0 Å². The summed E-state index contributed by atoms with van der Waals surface area (Å²) in [6, 6.07) is 6.67. The highest BCUT2D eigenvalue weighted by atomic mass is 16.4. The molecule has 0 heterocycles. The number of carboxylic acid groups (broad SMARTS) is 1. The third kappa shape index (κ3) is 2.83. The van der Waals surface area contributed by atoms with Gasteiger partial charge in [-0.3, -0.25) is 4.79 Å². The van der Waals surface area contributed by atoms with Crippen LogP contribution in [0.5, 0.6) is 0 Å². The number of aliphatic carboxylic acids is 1. The SMILES string of the molecule is CC(C)c1ccc2c(c1)C(CC(=O)O)CCC2(C)C. The molecule has 0 saturated heterocycles. The molecule has 0 amide bonds. The van der Waals surface area contributed by atoms with Gasteiger partial charge in [0.05, 0.1) is 6.42 Å². The number of hydrogen-bond donors (Lipinski definition) is 1. The lowest BCUT2D eigenvalue weighted by Crippen LogP contribution is -2.27. The summed E-state index contributed by atoms with van der Waals surface area (Å²) in [4.78, 5) is 11.1. The predicted molar refractivity (Wildman–Crippen MR) is 77.8 cm³/mol. The second-order valence-electron chi connectivity index (χ2n) is 6.72. The van der Waals surface area contributed by atoms with Crippen molar-refractivity contribution in [3.63, 3.8) is 0 Å². The molecule has 104 valence electrons. The van der Waals surface area contributed by atoms with E-state index in [2.05, 4.69) is 45.9 Å². The zero-order valence-corrected chi connectivity index (χ0v) is 12.4. The van der Waals surface area contributed by atoms with E-state index in [1.54, 1.807) is 0 Å². The van der Waals surface area contributed by atoms with E-state index in [0.717, 1.165) is 12.8 Å². The fraction of sp³-hybridized carbons (Fsp3) is 0.588. The summed E-state index contributed by atoms with van der Waals surface area (Å²) >= 11 is 0. The van der Waals surface area contributed by atoms with Crippen LogP contribution in [0, 0.1) is 0 Å². The van der Waals surface area contributed by atoms with Crippen molar-refractivity contribution in [1.29, 1.82) is 0 Å². The van der Waals surface area contributed by atoms with Gasteiger partial charge in [-0.25, -0.2) is 0 Å². The molecule has 1 atom stereocenters. The van der Waals surface area contributed by atoms with Crippen molar-refractivity contribution in [3.05, 3.63) is 34.9 Å². The summed E-state index contributed by atoms with van der Waals surface area (Å²) in [6.07, 6.45) is 2.30. The summed E-state index contributed by atoms with van der Waals surface area (Å²) in [5, 5.41) is 9.10. The van der Waals surface area contributed by atoms with E-state index in [-0.39, 0.29) is 17.8 Å². The van der Waals surface area contributed by atoms with Crippen LogP contribution in [-0.2, 0) is 10.2 Å². The minimum atomic E-state index is -0.689. The van der Waals surface area contributed by atoms with Gasteiger partial charge in [0.2, 0.25) is 0 Å². The highest BCUT2D eigenvalue weighted by molar-refractivity contribution is 5.68. The topological polar surface area (TPSA) is 37.3 Å². The molecule has 2 heteroatoms. The van der Waals surface area contributed by atoms with Crippen molar-refractivity contribution in [2.45, 2.75) is 64.2 Å². The van der Waals surface area contributed by atoms with Crippen LogP contribution in [0.3, 0.4) is 0 Å². The van der Waals surface area contributed by atoms with E-state index in [9.17, 15) is 4.79 Å². The summed E-state index contributed by atoms with van der Waals surface area (Å²) < 4.78 is 0. The van der Waals surface area contributed by atoms with E-state index in [4.69, 9.17) is 5.11 Å². The molecule has 19 heavy (non-hydrogen) atoms. The summed E-state index contributed by atoms with van der Waals surface area (Å²) in [5.41, 5.74) is 4.09. The first kappa shape index (κ1) is 14.1. The Kier molecular flexibility index (Phi) is 3.71. The van der Waals surface area contributed by atoms with Crippen LogP contribution in [-0.4, -0.2) is 11.1 Å². The molecule has 1 aromatic rings. The standard InChI is InChI=1S/C17H24O2/c1-11(2)12-5-6-15-14(9-12)13(10-16(18)19)7-8-17(15,3)4/h5-6,9,11,13H,7-8,10H2,1-4H3,(H,18,19). The zero-order chi connectivity index (χ0) is 14.2. The normalized spacial score (nSPS) is 21.2. The quantitative estimate of drug-likeness (QED) is 0.872. The number of carbonyl (C=O) groups is 1. The molecule has 0 fully saturated rings. The maximum atomic E-state index is 11.1. The van der Waals surface area contributed by atoms with Gasteiger partial charge in [0.1, 0.15) is 0 Å². The van der Waals surface area contributed by atoms with Gasteiger partial charge in [-0.05, 0) is 46.8 Å². The molecule has 0 radical (unpaired) electrons. The monoisotopic (exact) mass is 260 g/mol. The summed E-state index contributed by atoms with van der Waals surface area (Å²) in [6.45, 7) is 8.89. The smallest absolute Gasteiger partial charge is 0.303 e. The Morgan fingerprint density at radius 3 is 2.68 bits per heavy atom. The summed E-state index contributed by atoms with van der Waals surface area (Å²) in [7, 11) is 0. The molecule has 0 spiro atoms. The number of fused-ring (bicyclic) bond motifs is 1. The van der Waals surface area contributed by atoms with E-state index in [1.165, 1.54) is 16.7 Å². The fourth-order valence-electron chi connectivity index (χ4n) is 3.14.